The Morgan fingerprint density at radius 3 is 2.51 bits per heavy atom. The number of hydrogen-bond acceptors (Lipinski definition) is 10. The lowest BCUT2D eigenvalue weighted by Crippen LogP contribution is -2.42. The van der Waals surface area contributed by atoms with E-state index in [0.29, 0.717) is 23.5 Å². The first kappa shape index (κ1) is 27.1. The monoisotopic (exact) mass is 547 g/mol. The first-order valence-corrected chi connectivity index (χ1v) is 14.1. The zero-order valence-electron chi connectivity index (χ0n) is 23.4. The summed E-state index contributed by atoms with van der Waals surface area (Å²) in [5.74, 6) is 2.01. The molecular formula is C29H37N7O2S. The lowest BCUT2D eigenvalue weighted by molar-refractivity contribution is 0.0739. The Balaban J connectivity index is 1.41. The Kier molecular flexibility index (Phi) is 7.61. The van der Waals surface area contributed by atoms with E-state index in [0.717, 1.165) is 64.5 Å². The van der Waals surface area contributed by atoms with Crippen molar-refractivity contribution in [3.63, 3.8) is 0 Å². The van der Waals surface area contributed by atoms with Crippen molar-refractivity contribution in [2.45, 2.75) is 45.3 Å². The molecule has 1 aromatic carbocycles. The van der Waals surface area contributed by atoms with Crippen molar-refractivity contribution in [1.82, 2.24) is 19.9 Å². The maximum atomic E-state index is 10.4. The second-order valence-corrected chi connectivity index (χ2v) is 11.7. The zero-order valence-corrected chi connectivity index (χ0v) is 24.3. The number of methoxy groups -OCH3 is 1. The summed E-state index contributed by atoms with van der Waals surface area (Å²) >= 11 is 1.58. The zero-order chi connectivity index (χ0) is 27.7. The number of aryl methyl sites for hydroxylation is 1. The van der Waals surface area contributed by atoms with Crippen LogP contribution in [0.4, 0.5) is 28.8 Å². The molecule has 5 rings (SSSR count). The lowest BCUT2D eigenvalue weighted by atomic mass is 10.0. The number of anilines is 5. The third kappa shape index (κ3) is 5.93. The molecule has 0 bridgehead atoms. The molecule has 10 heteroatoms. The van der Waals surface area contributed by atoms with Crippen molar-refractivity contribution in [1.29, 1.82) is 0 Å². The molecule has 1 saturated heterocycles. The van der Waals surface area contributed by atoms with Crippen LogP contribution in [0, 0.1) is 6.92 Å². The number of nitrogens with one attached hydrogen (secondary N) is 2. The first-order chi connectivity index (χ1) is 18.6. The van der Waals surface area contributed by atoms with Crippen LogP contribution in [0.1, 0.15) is 37.9 Å². The van der Waals surface area contributed by atoms with Crippen molar-refractivity contribution in [3.8, 4) is 5.75 Å². The highest BCUT2D eigenvalue weighted by atomic mass is 32.1. The Bertz CT molecular complexity index is 1460. The maximum Gasteiger partial charge on any atom is 0.230 e. The predicted octanol–water partition coefficient (Wildman–Crippen LogP) is 5.65. The summed E-state index contributed by atoms with van der Waals surface area (Å²) in [5, 5.41) is 20.3. The van der Waals surface area contributed by atoms with E-state index in [-0.39, 0.29) is 0 Å². The Hall–Kier alpha value is -3.47. The standard InChI is InChI=1S/C29H37N7O2S/c1-18-17-39-27-25(18)26(31-20-9-12-30-24(16-20)29(2,3)37)33-28(34-27)32-19-7-8-22(23(15-19)38-6)36-13-10-21(11-14-36)35(4)5/h7-9,12,15-17,21,37H,10-11,13-14H2,1-6H3,(H2,30,31,32,33,34). The summed E-state index contributed by atoms with van der Waals surface area (Å²) in [6.07, 6.45) is 3.95. The van der Waals surface area contributed by atoms with Crippen molar-refractivity contribution < 1.29 is 9.84 Å². The molecule has 0 amide bonds. The number of hydrogen-bond donors (Lipinski definition) is 3. The largest absolute Gasteiger partial charge is 0.495 e. The lowest BCUT2D eigenvalue weighted by Gasteiger charge is -2.37. The third-order valence-corrected chi connectivity index (χ3v) is 8.23. The maximum absolute atomic E-state index is 10.4. The SMILES string of the molecule is COc1cc(Nc2nc(Nc3ccnc(C(C)(C)O)c3)c3c(C)csc3n2)ccc1N1CCC(N(C)C)CC1. The van der Waals surface area contributed by atoms with Crippen LogP contribution < -0.4 is 20.3 Å². The molecule has 0 atom stereocenters. The van der Waals surface area contributed by atoms with Crippen LogP contribution in [0.15, 0.2) is 41.9 Å². The van der Waals surface area contributed by atoms with Crippen molar-refractivity contribution >= 4 is 50.4 Å². The van der Waals surface area contributed by atoms with Gasteiger partial charge in [0.05, 0.1) is 23.9 Å². The molecule has 4 heterocycles. The smallest absolute Gasteiger partial charge is 0.230 e. The molecule has 0 radical (unpaired) electrons. The molecule has 9 nitrogen and oxygen atoms in total. The fraction of sp³-hybridized carbons (Fsp3) is 0.414. The second kappa shape index (κ2) is 11.0. The minimum atomic E-state index is -1.04. The van der Waals surface area contributed by atoms with E-state index < -0.39 is 5.60 Å². The number of ether oxygens (including phenoxy) is 1. The predicted molar refractivity (Wildman–Crippen MR) is 160 cm³/mol. The number of nitrogens with zero attached hydrogens (tertiary/aromatic N) is 5. The fourth-order valence-electron chi connectivity index (χ4n) is 4.98. The molecule has 3 aromatic heterocycles. The quantitative estimate of drug-likeness (QED) is 0.258. The highest BCUT2D eigenvalue weighted by molar-refractivity contribution is 7.17. The van der Waals surface area contributed by atoms with Gasteiger partial charge in [0.25, 0.3) is 0 Å². The van der Waals surface area contributed by atoms with Gasteiger partial charge in [-0.25, -0.2) is 4.98 Å². The van der Waals surface area contributed by atoms with E-state index in [4.69, 9.17) is 14.7 Å². The van der Waals surface area contributed by atoms with Crippen LogP contribution in [0.5, 0.6) is 5.75 Å². The number of benzene rings is 1. The number of fused-ring (bicyclic) bond motifs is 1. The summed E-state index contributed by atoms with van der Waals surface area (Å²) in [6.45, 7) is 7.50. The van der Waals surface area contributed by atoms with Crippen LogP contribution in [-0.4, -0.2) is 65.3 Å². The average Bonchev–Trinajstić information content (AvgIpc) is 3.29. The summed E-state index contributed by atoms with van der Waals surface area (Å²) < 4.78 is 5.80. The first-order valence-electron chi connectivity index (χ1n) is 13.2. The van der Waals surface area contributed by atoms with E-state index >= 15 is 0 Å². The molecule has 0 spiro atoms. The Labute approximate surface area is 233 Å². The summed E-state index contributed by atoms with van der Waals surface area (Å²) in [4.78, 5) is 19.6. The number of pyridine rings is 1. The molecule has 4 aromatic rings. The van der Waals surface area contributed by atoms with E-state index in [2.05, 4.69) is 63.9 Å². The molecule has 1 aliphatic rings. The van der Waals surface area contributed by atoms with Crippen molar-refractivity contribution in [3.05, 3.63) is 53.2 Å². The van der Waals surface area contributed by atoms with E-state index in [1.165, 1.54) is 0 Å². The second-order valence-electron chi connectivity index (χ2n) is 10.8. The molecule has 206 valence electrons. The number of rotatable bonds is 8. The molecule has 3 N–H and O–H groups in total. The number of thiophene rings is 1. The van der Waals surface area contributed by atoms with Crippen molar-refractivity contribution in [2.75, 3.05) is 49.8 Å². The van der Waals surface area contributed by atoms with Gasteiger partial charge in [0.15, 0.2) is 0 Å². The molecule has 0 saturated carbocycles. The van der Waals surface area contributed by atoms with Crippen LogP contribution in [0.25, 0.3) is 10.2 Å². The highest BCUT2D eigenvalue weighted by Gasteiger charge is 2.23. The van der Waals surface area contributed by atoms with Gasteiger partial charge < -0.3 is 30.3 Å². The summed E-state index contributed by atoms with van der Waals surface area (Å²) in [5.41, 5.74) is 3.39. The van der Waals surface area contributed by atoms with Crippen molar-refractivity contribution in [2.24, 2.45) is 0 Å². The molecule has 0 aliphatic carbocycles. The van der Waals surface area contributed by atoms with Crippen LogP contribution >= 0.6 is 11.3 Å². The molecule has 1 aliphatic heterocycles. The van der Waals surface area contributed by atoms with Gasteiger partial charge in [-0.2, -0.15) is 4.98 Å². The number of aromatic nitrogens is 3. The molecule has 39 heavy (non-hydrogen) atoms. The van der Waals surface area contributed by atoms with E-state index in [1.54, 1.807) is 38.5 Å². The van der Waals surface area contributed by atoms with Gasteiger partial charge in [0.2, 0.25) is 5.95 Å². The van der Waals surface area contributed by atoms with Gasteiger partial charge in [-0.05, 0) is 82.9 Å². The third-order valence-electron chi connectivity index (χ3n) is 7.24. The molecule has 1 fully saturated rings. The minimum absolute atomic E-state index is 0.491. The highest BCUT2D eigenvalue weighted by Crippen LogP contribution is 2.36. The van der Waals surface area contributed by atoms with Crippen LogP contribution in [0.2, 0.25) is 0 Å². The summed E-state index contributed by atoms with van der Waals surface area (Å²) in [6, 6.07) is 10.5. The summed E-state index contributed by atoms with van der Waals surface area (Å²) in [7, 11) is 6.03. The Morgan fingerprint density at radius 1 is 1.08 bits per heavy atom. The fourth-order valence-corrected chi connectivity index (χ4v) is 5.90. The number of aliphatic hydroxyl groups is 1. The van der Waals surface area contributed by atoms with Gasteiger partial charge in [-0.15, -0.1) is 11.3 Å². The number of piperidine rings is 1. The van der Waals surface area contributed by atoms with E-state index in [9.17, 15) is 5.11 Å². The normalized spacial score (nSPS) is 14.7. The van der Waals surface area contributed by atoms with Crippen LogP contribution in [0.3, 0.4) is 0 Å². The van der Waals surface area contributed by atoms with Gasteiger partial charge in [-0.3, -0.25) is 4.98 Å². The van der Waals surface area contributed by atoms with Gasteiger partial charge in [0.1, 0.15) is 22.0 Å². The Morgan fingerprint density at radius 2 is 1.82 bits per heavy atom. The van der Waals surface area contributed by atoms with E-state index in [1.807, 2.05) is 18.2 Å². The van der Waals surface area contributed by atoms with Gasteiger partial charge in [0, 0.05) is 42.8 Å². The van der Waals surface area contributed by atoms with Crippen LogP contribution in [-0.2, 0) is 5.60 Å². The minimum Gasteiger partial charge on any atom is -0.495 e. The van der Waals surface area contributed by atoms with Gasteiger partial charge >= 0.3 is 0 Å². The molecular weight excluding hydrogens is 510 g/mol. The molecule has 0 unspecified atom stereocenters. The topological polar surface area (TPSA) is 98.7 Å². The average molecular weight is 548 g/mol. The van der Waals surface area contributed by atoms with Gasteiger partial charge in [-0.1, -0.05) is 0 Å².